The first kappa shape index (κ1) is 10.7. The Morgan fingerprint density at radius 1 is 1.64 bits per heavy atom. The van der Waals surface area contributed by atoms with Crippen molar-refractivity contribution < 1.29 is 9.53 Å². The van der Waals surface area contributed by atoms with Gasteiger partial charge in [0.2, 0.25) is 0 Å². The first-order valence-corrected chi connectivity index (χ1v) is 6.86. The normalized spacial score (nSPS) is 47.4. The van der Waals surface area contributed by atoms with E-state index in [0.29, 0.717) is 18.3 Å². The van der Waals surface area contributed by atoms with E-state index in [-0.39, 0.29) is 17.5 Å². The van der Waals surface area contributed by atoms with E-state index in [1.165, 1.54) is 12.8 Å². The van der Waals surface area contributed by atoms with Gasteiger partial charge in [-0.25, -0.2) is 0 Å². The van der Waals surface area contributed by atoms with Gasteiger partial charge >= 0.3 is 5.97 Å². The van der Waals surface area contributed by atoms with Crippen molar-refractivity contribution in [2.45, 2.75) is 39.2 Å². The minimum Gasteiger partial charge on any atom is -0.461 e. The van der Waals surface area contributed by atoms with E-state index in [4.69, 9.17) is 4.74 Å². The Balaban J connectivity index is 2.26. The van der Waals surface area contributed by atoms with Crippen LogP contribution in [0.3, 0.4) is 0 Å². The maximum Gasteiger partial charge on any atom is 0.306 e. The fourth-order valence-electron chi connectivity index (χ4n) is 3.14. The number of alkyl halides is 1. The third-order valence-corrected chi connectivity index (χ3v) is 5.01. The number of hydrogen-bond acceptors (Lipinski definition) is 2. The van der Waals surface area contributed by atoms with Gasteiger partial charge in [-0.3, -0.25) is 4.79 Å². The second-order valence-electron chi connectivity index (χ2n) is 4.97. The number of carbonyl (C=O) groups is 1. The van der Waals surface area contributed by atoms with Gasteiger partial charge in [0.05, 0.1) is 0 Å². The molecule has 2 fully saturated rings. The van der Waals surface area contributed by atoms with Crippen LogP contribution < -0.4 is 0 Å². The number of halogens is 1. The third kappa shape index (κ3) is 1.48. The molecule has 4 unspecified atom stereocenters. The zero-order chi connectivity index (χ0) is 10.3. The van der Waals surface area contributed by atoms with Crippen molar-refractivity contribution in [2.24, 2.45) is 17.3 Å². The van der Waals surface area contributed by atoms with E-state index in [1.54, 1.807) is 0 Å². The molecule has 80 valence electrons. The van der Waals surface area contributed by atoms with Crippen LogP contribution in [0.1, 0.15) is 33.1 Å². The number of hydrogen-bond donors (Lipinski definition) is 0. The smallest absolute Gasteiger partial charge is 0.306 e. The minimum absolute atomic E-state index is 0.0166. The maximum atomic E-state index is 11.4. The topological polar surface area (TPSA) is 26.3 Å². The Labute approximate surface area is 98.9 Å². The van der Waals surface area contributed by atoms with E-state index in [1.807, 2.05) is 0 Å². The second-order valence-corrected chi connectivity index (χ2v) is 5.85. The number of cyclic esters (lactones) is 1. The summed E-state index contributed by atoms with van der Waals surface area (Å²) in [6, 6.07) is 0. The number of rotatable bonds is 1. The van der Waals surface area contributed by atoms with Crippen LogP contribution in [0.2, 0.25) is 0 Å². The van der Waals surface area contributed by atoms with Crippen LogP contribution >= 0.6 is 22.6 Å². The van der Waals surface area contributed by atoms with Crippen molar-refractivity contribution in [3.63, 3.8) is 0 Å². The Kier molecular flexibility index (Phi) is 2.79. The second kappa shape index (κ2) is 3.65. The lowest BCUT2D eigenvalue weighted by atomic mass is 9.70. The van der Waals surface area contributed by atoms with Crippen LogP contribution in [0, 0.1) is 17.3 Å². The lowest BCUT2D eigenvalue weighted by Crippen LogP contribution is -2.46. The highest BCUT2D eigenvalue weighted by Crippen LogP contribution is 2.54. The number of ether oxygens (including phenoxy) is 1. The fraction of sp³-hybridized carbons (Fsp3) is 0.909. The molecule has 1 saturated carbocycles. The Morgan fingerprint density at radius 2 is 2.36 bits per heavy atom. The lowest BCUT2D eigenvalue weighted by Gasteiger charge is -2.42. The Bertz CT molecular complexity index is 254. The van der Waals surface area contributed by atoms with Gasteiger partial charge in [-0.2, -0.15) is 0 Å². The van der Waals surface area contributed by atoms with E-state index in [2.05, 4.69) is 36.4 Å². The van der Waals surface area contributed by atoms with Crippen molar-refractivity contribution >= 4 is 28.6 Å². The number of esters is 1. The van der Waals surface area contributed by atoms with Crippen molar-refractivity contribution in [3.8, 4) is 0 Å². The summed E-state index contributed by atoms with van der Waals surface area (Å²) in [5, 5.41) is 0. The van der Waals surface area contributed by atoms with E-state index < -0.39 is 0 Å². The molecule has 3 heteroatoms. The highest BCUT2D eigenvalue weighted by atomic mass is 127. The van der Waals surface area contributed by atoms with Gasteiger partial charge in [0, 0.05) is 16.3 Å². The summed E-state index contributed by atoms with van der Waals surface area (Å²) < 4.78 is 6.39. The molecule has 0 aromatic heterocycles. The molecule has 0 bridgehead atoms. The van der Waals surface area contributed by atoms with E-state index in [0.717, 1.165) is 4.43 Å². The summed E-state index contributed by atoms with van der Waals surface area (Å²) in [7, 11) is 0. The summed E-state index contributed by atoms with van der Waals surface area (Å²) >= 11 is 2.33. The Morgan fingerprint density at radius 3 is 3.00 bits per heavy atom. The average Bonchev–Trinajstić information content (AvgIpc) is 2.44. The first-order chi connectivity index (χ1) is 6.58. The molecule has 1 aliphatic heterocycles. The van der Waals surface area contributed by atoms with Crippen molar-refractivity contribution in [1.82, 2.24) is 0 Å². The van der Waals surface area contributed by atoms with Gasteiger partial charge < -0.3 is 4.74 Å². The quantitative estimate of drug-likeness (QED) is 0.423. The molecule has 1 saturated heterocycles. The SMILES string of the molecule is CC1CCC2(C)C(CI)OC(=O)CC12. The molecular weight excluding hydrogens is 291 g/mol. The molecule has 0 radical (unpaired) electrons. The fourth-order valence-corrected chi connectivity index (χ4v) is 4.32. The van der Waals surface area contributed by atoms with Gasteiger partial charge in [0.15, 0.2) is 0 Å². The highest BCUT2D eigenvalue weighted by Gasteiger charge is 2.53. The van der Waals surface area contributed by atoms with Crippen molar-refractivity contribution in [2.75, 3.05) is 4.43 Å². The predicted molar refractivity (Wildman–Crippen MR) is 63.4 cm³/mol. The maximum absolute atomic E-state index is 11.4. The zero-order valence-corrected chi connectivity index (χ0v) is 10.9. The predicted octanol–water partition coefficient (Wildman–Crippen LogP) is 2.79. The van der Waals surface area contributed by atoms with E-state index in [9.17, 15) is 4.79 Å². The monoisotopic (exact) mass is 308 g/mol. The van der Waals surface area contributed by atoms with Gasteiger partial charge in [-0.05, 0) is 24.7 Å². The average molecular weight is 308 g/mol. The van der Waals surface area contributed by atoms with Crippen LogP contribution in [0.25, 0.3) is 0 Å². The molecule has 2 rings (SSSR count). The molecule has 0 spiro atoms. The molecule has 4 atom stereocenters. The van der Waals surface area contributed by atoms with Crippen LogP contribution in [-0.4, -0.2) is 16.5 Å². The van der Waals surface area contributed by atoms with Crippen LogP contribution in [0.4, 0.5) is 0 Å². The zero-order valence-electron chi connectivity index (χ0n) is 8.75. The van der Waals surface area contributed by atoms with Crippen molar-refractivity contribution in [3.05, 3.63) is 0 Å². The molecule has 0 N–H and O–H groups in total. The summed E-state index contributed by atoms with van der Waals surface area (Å²) in [6.07, 6.45) is 3.27. The number of fused-ring (bicyclic) bond motifs is 1. The lowest BCUT2D eigenvalue weighted by molar-refractivity contribution is -0.169. The van der Waals surface area contributed by atoms with Crippen LogP contribution in [0.5, 0.6) is 0 Å². The summed E-state index contributed by atoms with van der Waals surface area (Å²) in [6.45, 7) is 4.58. The highest BCUT2D eigenvalue weighted by molar-refractivity contribution is 14.1. The molecule has 0 amide bonds. The van der Waals surface area contributed by atoms with Gasteiger partial charge in [0.25, 0.3) is 0 Å². The standard InChI is InChI=1S/C11H17IO2/c1-7-3-4-11(2)8(7)5-10(13)14-9(11)6-12/h7-9H,3-6H2,1-2H3. The molecule has 0 aromatic rings. The summed E-state index contributed by atoms with van der Waals surface area (Å²) in [5.41, 5.74) is 0.258. The van der Waals surface area contributed by atoms with Crippen LogP contribution in [0.15, 0.2) is 0 Å². The molecular formula is C11H17IO2. The largest absolute Gasteiger partial charge is 0.461 e. The minimum atomic E-state index is 0.0166. The molecule has 2 aliphatic rings. The van der Waals surface area contributed by atoms with Crippen LogP contribution in [-0.2, 0) is 9.53 Å². The van der Waals surface area contributed by atoms with E-state index >= 15 is 0 Å². The Hall–Kier alpha value is 0.200. The van der Waals surface area contributed by atoms with Gasteiger partial charge in [0.1, 0.15) is 6.10 Å². The summed E-state index contributed by atoms with van der Waals surface area (Å²) in [4.78, 5) is 11.4. The number of carbonyl (C=O) groups excluding carboxylic acids is 1. The van der Waals surface area contributed by atoms with Gasteiger partial charge in [-0.1, -0.05) is 36.4 Å². The summed E-state index contributed by atoms with van der Waals surface area (Å²) in [5.74, 6) is 1.27. The first-order valence-electron chi connectivity index (χ1n) is 5.33. The molecule has 2 nitrogen and oxygen atoms in total. The third-order valence-electron chi connectivity index (χ3n) is 4.21. The molecule has 1 aliphatic carbocycles. The van der Waals surface area contributed by atoms with Gasteiger partial charge in [-0.15, -0.1) is 0 Å². The molecule has 14 heavy (non-hydrogen) atoms. The van der Waals surface area contributed by atoms with Crippen molar-refractivity contribution in [1.29, 1.82) is 0 Å². The molecule has 1 heterocycles. The molecule has 0 aromatic carbocycles.